The molecule has 2 saturated heterocycles. The number of carboxylic acids is 1. The number of carbonyl (C=O) groups is 2. The van der Waals surface area contributed by atoms with Crippen molar-refractivity contribution >= 4 is 11.9 Å². The molecule has 114 valence electrons. The maximum Gasteiger partial charge on any atom is 0.358 e. The monoisotopic (exact) mass is 294 g/mol. The van der Waals surface area contributed by atoms with E-state index in [1.807, 2.05) is 6.92 Å². The van der Waals surface area contributed by atoms with E-state index in [4.69, 9.17) is 9.84 Å². The van der Waals surface area contributed by atoms with Gasteiger partial charge in [0.05, 0.1) is 24.3 Å². The average molecular weight is 294 g/mol. The number of amides is 1. The highest BCUT2D eigenvalue weighted by atomic mass is 16.5. The summed E-state index contributed by atoms with van der Waals surface area (Å²) >= 11 is 0. The summed E-state index contributed by atoms with van der Waals surface area (Å²) in [6.45, 7) is 3.78. The number of carboxylic acid groups (broad SMARTS) is 1. The van der Waals surface area contributed by atoms with Gasteiger partial charge in [0, 0.05) is 19.7 Å². The lowest BCUT2D eigenvalue weighted by atomic mass is 9.95. The number of rotatable bonds is 4. The van der Waals surface area contributed by atoms with E-state index in [1.54, 1.807) is 4.90 Å². The molecular weight excluding hydrogens is 276 g/mol. The number of likely N-dealkylation sites (tertiary alicyclic amines) is 1. The molecule has 0 bridgehead atoms. The number of hydrogen-bond donors (Lipinski definition) is 1. The molecule has 2 unspecified atom stereocenters. The minimum absolute atomic E-state index is 0.0111. The van der Waals surface area contributed by atoms with Crippen molar-refractivity contribution in [2.75, 3.05) is 19.7 Å². The van der Waals surface area contributed by atoms with Gasteiger partial charge in [-0.2, -0.15) is 0 Å². The average Bonchev–Trinajstić information content (AvgIpc) is 3.05. The first-order chi connectivity index (χ1) is 10.1. The lowest BCUT2D eigenvalue weighted by molar-refractivity contribution is -0.143. The summed E-state index contributed by atoms with van der Waals surface area (Å²) < 4.78 is 7.08. The van der Waals surface area contributed by atoms with Crippen molar-refractivity contribution in [2.45, 2.75) is 31.9 Å². The van der Waals surface area contributed by atoms with Crippen molar-refractivity contribution in [2.24, 2.45) is 5.92 Å². The van der Waals surface area contributed by atoms with E-state index in [2.05, 4.69) is 10.3 Å². The highest BCUT2D eigenvalue weighted by Crippen LogP contribution is 2.29. The van der Waals surface area contributed by atoms with Gasteiger partial charge in [-0.15, -0.1) is 5.10 Å². The molecule has 1 aromatic rings. The van der Waals surface area contributed by atoms with Crippen LogP contribution >= 0.6 is 0 Å². The Labute approximate surface area is 121 Å². The minimum atomic E-state index is -1.10. The van der Waals surface area contributed by atoms with E-state index in [0.717, 1.165) is 12.8 Å². The third-order valence-electron chi connectivity index (χ3n) is 4.21. The summed E-state index contributed by atoms with van der Waals surface area (Å²) in [5.74, 6) is -1.00. The van der Waals surface area contributed by atoms with Crippen LogP contribution in [0.15, 0.2) is 6.20 Å². The van der Waals surface area contributed by atoms with Gasteiger partial charge in [0.25, 0.3) is 0 Å². The van der Waals surface area contributed by atoms with Crippen molar-refractivity contribution in [3.63, 3.8) is 0 Å². The number of carbonyl (C=O) groups excluding carboxylic acids is 1. The van der Waals surface area contributed by atoms with Crippen LogP contribution in [0.5, 0.6) is 0 Å². The summed E-state index contributed by atoms with van der Waals surface area (Å²) in [6, 6.07) is 0.0111. The van der Waals surface area contributed by atoms with E-state index < -0.39 is 5.97 Å². The lowest BCUT2D eigenvalue weighted by Crippen LogP contribution is -2.53. The van der Waals surface area contributed by atoms with E-state index in [9.17, 15) is 9.59 Å². The third kappa shape index (κ3) is 2.51. The van der Waals surface area contributed by atoms with E-state index >= 15 is 0 Å². The zero-order valence-corrected chi connectivity index (χ0v) is 11.8. The molecule has 1 N–H and O–H groups in total. The largest absolute Gasteiger partial charge is 0.476 e. The molecule has 1 aromatic heterocycles. The molecule has 0 radical (unpaired) electrons. The van der Waals surface area contributed by atoms with E-state index in [0.29, 0.717) is 19.7 Å². The topological polar surface area (TPSA) is 97.5 Å². The molecule has 0 spiro atoms. The predicted molar refractivity (Wildman–Crippen MR) is 70.7 cm³/mol. The van der Waals surface area contributed by atoms with Crippen LogP contribution in [-0.2, 0) is 9.53 Å². The number of hydrogen-bond acceptors (Lipinski definition) is 5. The van der Waals surface area contributed by atoms with E-state index in [-0.39, 0.29) is 29.7 Å². The number of aromatic carboxylic acids is 1. The fourth-order valence-corrected chi connectivity index (χ4v) is 2.92. The van der Waals surface area contributed by atoms with Gasteiger partial charge in [-0.05, 0) is 12.8 Å². The summed E-state index contributed by atoms with van der Waals surface area (Å²) in [5, 5.41) is 16.2. The Morgan fingerprint density at radius 3 is 2.86 bits per heavy atom. The predicted octanol–water partition coefficient (Wildman–Crippen LogP) is 0.175. The number of nitrogens with zero attached hydrogens (tertiary/aromatic N) is 4. The van der Waals surface area contributed by atoms with Gasteiger partial charge >= 0.3 is 5.97 Å². The fraction of sp³-hybridized carbons (Fsp3) is 0.692. The molecule has 2 fully saturated rings. The van der Waals surface area contributed by atoms with Gasteiger partial charge in [-0.25, -0.2) is 9.48 Å². The Hall–Kier alpha value is -1.96. The first-order valence-electron chi connectivity index (χ1n) is 7.15. The van der Waals surface area contributed by atoms with E-state index in [1.165, 1.54) is 10.9 Å². The molecule has 8 nitrogen and oxygen atoms in total. The normalized spacial score (nSPS) is 25.9. The Morgan fingerprint density at radius 1 is 1.48 bits per heavy atom. The number of ether oxygens (including phenoxy) is 1. The van der Waals surface area contributed by atoms with Crippen LogP contribution in [-0.4, -0.2) is 62.7 Å². The molecule has 8 heteroatoms. The van der Waals surface area contributed by atoms with Gasteiger partial charge in [-0.3, -0.25) is 4.79 Å². The molecule has 2 aliphatic heterocycles. The van der Waals surface area contributed by atoms with Crippen LogP contribution in [0.4, 0.5) is 0 Å². The van der Waals surface area contributed by atoms with Crippen LogP contribution in [0.3, 0.4) is 0 Å². The molecule has 2 aliphatic rings. The van der Waals surface area contributed by atoms with Crippen LogP contribution < -0.4 is 0 Å². The highest BCUT2D eigenvalue weighted by Gasteiger charge is 2.40. The molecule has 0 saturated carbocycles. The Balaban J connectivity index is 1.57. The second-order valence-electron chi connectivity index (χ2n) is 5.50. The quantitative estimate of drug-likeness (QED) is 0.850. The Bertz CT molecular complexity index is 552. The van der Waals surface area contributed by atoms with Crippen molar-refractivity contribution < 1.29 is 19.4 Å². The second kappa shape index (κ2) is 5.44. The van der Waals surface area contributed by atoms with Gasteiger partial charge in [-0.1, -0.05) is 12.1 Å². The molecule has 3 rings (SSSR count). The lowest BCUT2D eigenvalue weighted by Gasteiger charge is -2.40. The van der Waals surface area contributed by atoms with Crippen molar-refractivity contribution in [3.8, 4) is 0 Å². The smallest absolute Gasteiger partial charge is 0.358 e. The SMILES string of the molecule is CCC1OCCC1C(=O)N1CC(n2cc(C(=O)O)nn2)C1. The zero-order chi connectivity index (χ0) is 15.0. The molecular formula is C13H18N4O4. The molecule has 3 heterocycles. The van der Waals surface area contributed by atoms with Crippen molar-refractivity contribution in [1.29, 1.82) is 0 Å². The molecule has 2 atom stereocenters. The van der Waals surface area contributed by atoms with Gasteiger partial charge in [0.15, 0.2) is 5.69 Å². The molecule has 0 aromatic carbocycles. The summed E-state index contributed by atoms with van der Waals surface area (Å²) in [7, 11) is 0. The zero-order valence-electron chi connectivity index (χ0n) is 11.8. The maximum absolute atomic E-state index is 12.4. The molecule has 1 amide bonds. The van der Waals surface area contributed by atoms with Crippen LogP contribution in [0, 0.1) is 5.92 Å². The maximum atomic E-state index is 12.4. The minimum Gasteiger partial charge on any atom is -0.476 e. The van der Waals surface area contributed by atoms with Crippen LogP contribution in [0.1, 0.15) is 36.3 Å². The van der Waals surface area contributed by atoms with Crippen molar-refractivity contribution in [1.82, 2.24) is 19.9 Å². The van der Waals surface area contributed by atoms with Crippen LogP contribution in [0.25, 0.3) is 0 Å². The van der Waals surface area contributed by atoms with Crippen molar-refractivity contribution in [3.05, 3.63) is 11.9 Å². The second-order valence-corrected chi connectivity index (χ2v) is 5.50. The number of aromatic nitrogens is 3. The Kier molecular flexibility index (Phi) is 3.62. The first kappa shape index (κ1) is 14.0. The molecule has 0 aliphatic carbocycles. The van der Waals surface area contributed by atoms with Gasteiger partial charge in [0.2, 0.25) is 5.91 Å². The third-order valence-corrected chi connectivity index (χ3v) is 4.21. The summed E-state index contributed by atoms with van der Waals surface area (Å²) in [5.41, 5.74) is -0.0741. The molecule has 21 heavy (non-hydrogen) atoms. The fourth-order valence-electron chi connectivity index (χ4n) is 2.92. The van der Waals surface area contributed by atoms with Crippen LogP contribution in [0.2, 0.25) is 0 Å². The highest BCUT2D eigenvalue weighted by molar-refractivity contribution is 5.84. The first-order valence-corrected chi connectivity index (χ1v) is 7.15. The Morgan fingerprint density at radius 2 is 2.24 bits per heavy atom. The summed E-state index contributed by atoms with van der Waals surface area (Å²) in [6.07, 6.45) is 3.06. The standard InChI is InChI=1S/C13H18N4O4/c1-2-11-9(3-4-21-11)12(18)16-5-8(6-16)17-7-10(13(19)20)14-15-17/h7-9,11H,2-6H2,1H3,(H,19,20). The van der Waals surface area contributed by atoms with Gasteiger partial charge < -0.3 is 14.7 Å². The summed E-state index contributed by atoms with van der Waals surface area (Å²) in [4.78, 5) is 24.9. The van der Waals surface area contributed by atoms with Gasteiger partial charge in [0.1, 0.15) is 0 Å².